The molecule has 2 aromatic rings. The van der Waals surface area contributed by atoms with Crippen molar-refractivity contribution in [2.45, 2.75) is 61.9 Å². The monoisotopic (exact) mass is 500 g/mol. The fourth-order valence-corrected chi connectivity index (χ4v) is 6.72. The number of nitrogens with zero attached hydrogens (tertiary/aromatic N) is 2. The van der Waals surface area contributed by atoms with Crippen LogP contribution in [0, 0.1) is 5.92 Å². The highest BCUT2D eigenvalue weighted by molar-refractivity contribution is 7.92. The van der Waals surface area contributed by atoms with Gasteiger partial charge in [0, 0.05) is 37.3 Å². The Balaban J connectivity index is 1.32. The Labute approximate surface area is 205 Å². The molecule has 5 rings (SSSR count). The number of piperidine rings is 1. The highest BCUT2D eigenvalue weighted by atomic mass is 32.2. The van der Waals surface area contributed by atoms with E-state index in [0.717, 1.165) is 37.8 Å². The minimum atomic E-state index is -3.92. The second-order valence-electron chi connectivity index (χ2n) is 9.86. The van der Waals surface area contributed by atoms with Crippen LogP contribution in [0.4, 0.5) is 10.5 Å². The number of anilines is 1. The maximum Gasteiger partial charge on any atom is 0.317 e. The fraction of sp³-hybridized carbons (Fsp3) is 0.520. The molecule has 2 atom stereocenters. The van der Waals surface area contributed by atoms with Gasteiger partial charge in [0.2, 0.25) is 0 Å². The zero-order valence-corrected chi connectivity index (χ0v) is 20.7. The van der Waals surface area contributed by atoms with Gasteiger partial charge in [-0.1, -0.05) is 19.3 Å². The van der Waals surface area contributed by atoms with Crippen LogP contribution in [0.2, 0.25) is 0 Å². The molecule has 9 nitrogen and oxygen atoms in total. The second-order valence-corrected chi connectivity index (χ2v) is 11.5. The minimum Gasteiger partial charge on any atom is -0.497 e. The summed E-state index contributed by atoms with van der Waals surface area (Å²) in [6.07, 6.45) is 6.57. The van der Waals surface area contributed by atoms with Crippen LogP contribution in [-0.4, -0.2) is 50.2 Å². The molecule has 1 aromatic heterocycles. The van der Waals surface area contributed by atoms with Crippen molar-refractivity contribution in [1.82, 2.24) is 14.8 Å². The maximum absolute atomic E-state index is 13.3. The summed E-state index contributed by atoms with van der Waals surface area (Å²) in [6.45, 7) is 1.63. The lowest BCUT2D eigenvalue weighted by Crippen LogP contribution is -2.53. The van der Waals surface area contributed by atoms with Gasteiger partial charge in [0.05, 0.1) is 12.0 Å². The summed E-state index contributed by atoms with van der Waals surface area (Å²) in [4.78, 5) is 28.1. The second kappa shape index (κ2) is 9.56. The van der Waals surface area contributed by atoms with Gasteiger partial charge in [0.15, 0.2) is 0 Å². The van der Waals surface area contributed by atoms with Crippen LogP contribution >= 0.6 is 0 Å². The summed E-state index contributed by atoms with van der Waals surface area (Å²) in [7, 11) is -2.41. The van der Waals surface area contributed by atoms with Crippen molar-refractivity contribution in [3.8, 4) is 5.75 Å². The number of benzene rings is 1. The Kier molecular flexibility index (Phi) is 6.48. The third-order valence-corrected chi connectivity index (χ3v) is 8.82. The Morgan fingerprint density at radius 3 is 2.46 bits per heavy atom. The van der Waals surface area contributed by atoms with Crippen molar-refractivity contribution in [2.75, 3.05) is 24.9 Å². The van der Waals surface area contributed by atoms with Gasteiger partial charge in [0.25, 0.3) is 15.6 Å². The molecule has 0 unspecified atom stereocenters. The normalized spacial score (nSPS) is 22.3. The molecule has 2 fully saturated rings. The maximum atomic E-state index is 13.3. The zero-order chi connectivity index (χ0) is 24.6. The Morgan fingerprint density at radius 1 is 1.00 bits per heavy atom. The molecule has 2 N–H and O–H groups in total. The molecule has 1 aliphatic carbocycles. The van der Waals surface area contributed by atoms with Gasteiger partial charge in [-0.05, 0) is 61.6 Å². The SMILES string of the molecule is COc1ccc(S(=O)(=O)Nc2ccc3n(c2=O)C[C@H]2C[C@@H]3CN(C(=O)NC3CCCCC3)C2)cc1. The number of methoxy groups -OCH3 is 1. The number of hydrogen-bond acceptors (Lipinski definition) is 5. The van der Waals surface area contributed by atoms with E-state index in [2.05, 4.69) is 10.0 Å². The van der Waals surface area contributed by atoms with Crippen molar-refractivity contribution in [1.29, 1.82) is 0 Å². The van der Waals surface area contributed by atoms with Crippen LogP contribution in [0.3, 0.4) is 0 Å². The number of aromatic nitrogens is 1. The van der Waals surface area contributed by atoms with E-state index < -0.39 is 10.0 Å². The predicted octanol–water partition coefficient (Wildman–Crippen LogP) is 3.12. The first-order valence-electron chi connectivity index (χ1n) is 12.3. The molecule has 2 amide bonds. The number of sulfonamides is 1. The number of rotatable bonds is 5. The summed E-state index contributed by atoms with van der Waals surface area (Å²) in [5.74, 6) is 0.759. The third-order valence-electron chi connectivity index (χ3n) is 7.44. The van der Waals surface area contributed by atoms with E-state index in [1.54, 1.807) is 16.7 Å². The van der Waals surface area contributed by atoms with Gasteiger partial charge in [-0.25, -0.2) is 13.2 Å². The molecule has 3 heterocycles. The average Bonchev–Trinajstić information content (AvgIpc) is 2.86. The first kappa shape index (κ1) is 23.7. The van der Waals surface area contributed by atoms with Crippen LogP contribution < -0.4 is 20.3 Å². The molecule has 2 aliphatic heterocycles. The Bertz CT molecular complexity index is 1250. The summed E-state index contributed by atoms with van der Waals surface area (Å²) < 4.78 is 34.9. The lowest BCUT2D eigenvalue weighted by atomic mass is 9.83. The van der Waals surface area contributed by atoms with Crippen molar-refractivity contribution in [3.63, 3.8) is 0 Å². The van der Waals surface area contributed by atoms with E-state index in [-0.39, 0.29) is 40.1 Å². The van der Waals surface area contributed by atoms with Crippen LogP contribution in [0.15, 0.2) is 46.1 Å². The van der Waals surface area contributed by atoms with Gasteiger partial charge in [-0.2, -0.15) is 0 Å². The summed E-state index contributed by atoms with van der Waals surface area (Å²) in [5.41, 5.74) is 0.527. The zero-order valence-electron chi connectivity index (χ0n) is 19.9. The number of urea groups is 1. The topological polar surface area (TPSA) is 110 Å². The molecule has 35 heavy (non-hydrogen) atoms. The summed E-state index contributed by atoms with van der Waals surface area (Å²) in [6, 6.07) is 9.61. The van der Waals surface area contributed by atoms with Crippen LogP contribution in [0.25, 0.3) is 0 Å². The number of nitrogens with one attached hydrogen (secondary N) is 2. The van der Waals surface area contributed by atoms with Gasteiger partial charge in [-0.15, -0.1) is 0 Å². The lowest BCUT2D eigenvalue weighted by Gasteiger charge is -2.43. The molecule has 1 saturated carbocycles. The molecule has 2 bridgehead atoms. The largest absolute Gasteiger partial charge is 0.497 e. The molecule has 0 radical (unpaired) electrons. The number of ether oxygens (including phenoxy) is 1. The van der Waals surface area contributed by atoms with E-state index >= 15 is 0 Å². The van der Waals surface area contributed by atoms with E-state index in [0.29, 0.717) is 25.4 Å². The summed E-state index contributed by atoms with van der Waals surface area (Å²) >= 11 is 0. The molecular formula is C25H32N4O5S. The molecule has 10 heteroatoms. The third kappa shape index (κ3) is 4.89. The highest BCUT2D eigenvalue weighted by Gasteiger charge is 2.37. The number of hydrogen-bond donors (Lipinski definition) is 2. The van der Waals surface area contributed by atoms with Gasteiger partial charge in [-0.3, -0.25) is 9.52 Å². The highest BCUT2D eigenvalue weighted by Crippen LogP contribution is 2.35. The van der Waals surface area contributed by atoms with Gasteiger partial charge >= 0.3 is 6.03 Å². The molecule has 3 aliphatic rings. The van der Waals surface area contributed by atoms with E-state index in [4.69, 9.17) is 4.74 Å². The van der Waals surface area contributed by atoms with Crippen LogP contribution in [0.1, 0.15) is 50.1 Å². The molecule has 1 aromatic carbocycles. The van der Waals surface area contributed by atoms with Crippen molar-refractivity contribution in [3.05, 3.63) is 52.4 Å². The number of likely N-dealkylation sites (tertiary alicyclic amines) is 1. The van der Waals surface area contributed by atoms with E-state index in [9.17, 15) is 18.0 Å². The molecular weight excluding hydrogens is 468 g/mol. The minimum absolute atomic E-state index is 0.00808. The van der Waals surface area contributed by atoms with Crippen molar-refractivity contribution < 1.29 is 17.9 Å². The smallest absolute Gasteiger partial charge is 0.317 e. The molecule has 0 spiro atoms. The average molecular weight is 501 g/mol. The first-order chi connectivity index (χ1) is 16.8. The lowest BCUT2D eigenvalue weighted by molar-refractivity contribution is 0.127. The summed E-state index contributed by atoms with van der Waals surface area (Å²) in [5, 5.41) is 3.20. The number of amides is 2. The number of fused-ring (bicyclic) bond motifs is 4. The van der Waals surface area contributed by atoms with E-state index in [1.807, 2.05) is 11.0 Å². The van der Waals surface area contributed by atoms with Crippen LogP contribution in [-0.2, 0) is 16.6 Å². The van der Waals surface area contributed by atoms with Crippen molar-refractivity contribution in [2.24, 2.45) is 5.92 Å². The molecule has 188 valence electrons. The number of carbonyl (C=O) groups excluding carboxylic acids is 1. The number of pyridine rings is 1. The Morgan fingerprint density at radius 2 is 1.74 bits per heavy atom. The van der Waals surface area contributed by atoms with Gasteiger partial charge < -0.3 is 19.5 Å². The Hall–Kier alpha value is -3.01. The molecule has 1 saturated heterocycles. The van der Waals surface area contributed by atoms with Crippen molar-refractivity contribution >= 4 is 21.7 Å². The predicted molar refractivity (Wildman–Crippen MR) is 132 cm³/mol. The standard InChI is InChI=1S/C25H32N4O5S/c1-34-20-7-9-21(10-8-20)35(32,33)27-22-11-12-23-18-13-17(15-29(23)24(22)30)14-28(16-18)25(31)26-19-5-3-2-4-6-19/h7-12,17-19,27H,2-6,13-16H2,1H3,(H,26,31)/t17-,18+/m0/s1. The first-order valence-corrected chi connectivity index (χ1v) is 13.8. The van der Waals surface area contributed by atoms with Gasteiger partial charge in [0.1, 0.15) is 11.4 Å². The fourth-order valence-electron chi connectivity index (χ4n) is 5.66. The van der Waals surface area contributed by atoms with Crippen LogP contribution in [0.5, 0.6) is 5.75 Å². The quantitative estimate of drug-likeness (QED) is 0.656. The van der Waals surface area contributed by atoms with E-state index in [1.165, 1.54) is 31.7 Å². The number of carbonyl (C=O) groups is 1.